The van der Waals surface area contributed by atoms with Crippen LogP contribution in [-0.2, 0) is 9.53 Å². The Labute approximate surface area is 166 Å². The summed E-state index contributed by atoms with van der Waals surface area (Å²) in [5.74, 6) is -0.597. The molecule has 8 nitrogen and oxygen atoms in total. The number of rotatable bonds is 8. The molecule has 0 aliphatic rings. The zero-order valence-corrected chi connectivity index (χ0v) is 16.1. The molecule has 0 spiro atoms. The van der Waals surface area contributed by atoms with Crippen LogP contribution in [0.1, 0.15) is 35.3 Å². The van der Waals surface area contributed by atoms with Gasteiger partial charge in [0.25, 0.3) is 11.6 Å². The first-order valence-electron chi connectivity index (χ1n) is 8.40. The number of esters is 1. The second kappa shape index (κ2) is 9.70. The van der Waals surface area contributed by atoms with Crippen LogP contribution in [0.5, 0.6) is 5.75 Å². The van der Waals surface area contributed by atoms with E-state index in [1.165, 1.54) is 19.2 Å². The van der Waals surface area contributed by atoms with Crippen molar-refractivity contribution in [3.63, 3.8) is 0 Å². The lowest BCUT2D eigenvalue weighted by Gasteiger charge is -2.19. The van der Waals surface area contributed by atoms with E-state index in [1.54, 1.807) is 31.2 Å². The van der Waals surface area contributed by atoms with Gasteiger partial charge in [0.1, 0.15) is 5.75 Å². The van der Waals surface area contributed by atoms with Gasteiger partial charge in [-0.15, -0.1) is 0 Å². The number of halogens is 1. The Balaban J connectivity index is 2.33. The van der Waals surface area contributed by atoms with Crippen molar-refractivity contribution in [3.05, 3.63) is 68.7 Å². The quantitative estimate of drug-likeness (QED) is 0.407. The maximum Gasteiger partial charge on any atom is 0.308 e. The molecule has 0 bridgehead atoms. The molecule has 1 unspecified atom stereocenters. The summed E-state index contributed by atoms with van der Waals surface area (Å²) in [5, 5.41) is 13.7. The molecule has 0 saturated carbocycles. The van der Waals surface area contributed by atoms with Crippen LogP contribution in [0.3, 0.4) is 0 Å². The van der Waals surface area contributed by atoms with E-state index in [9.17, 15) is 19.7 Å². The number of hydrogen-bond donors (Lipinski definition) is 1. The number of nitro benzene ring substituents is 1. The summed E-state index contributed by atoms with van der Waals surface area (Å²) >= 11 is 6.03. The summed E-state index contributed by atoms with van der Waals surface area (Å²) in [6.07, 6.45) is -0.126. The fourth-order valence-corrected chi connectivity index (χ4v) is 2.74. The van der Waals surface area contributed by atoms with Crippen LogP contribution >= 0.6 is 11.6 Å². The Morgan fingerprint density at radius 3 is 2.64 bits per heavy atom. The van der Waals surface area contributed by atoms with Crippen LogP contribution in [0.4, 0.5) is 5.69 Å². The first-order valence-corrected chi connectivity index (χ1v) is 8.77. The highest BCUT2D eigenvalue weighted by Crippen LogP contribution is 2.26. The zero-order chi connectivity index (χ0) is 20.7. The molecule has 0 aromatic heterocycles. The molecule has 0 aliphatic heterocycles. The third kappa shape index (κ3) is 5.43. The van der Waals surface area contributed by atoms with E-state index in [0.29, 0.717) is 11.3 Å². The van der Waals surface area contributed by atoms with Gasteiger partial charge in [0.2, 0.25) is 0 Å². The third-order valence-electron chi connectivity index (χ3n) is 3.88. The number of methoxy groups -OCH3 is 1. The molecule has 1 atom stereocenters. The van der Waals surface area contributed by atoms with Gasteiger partial charge in [0, 0.05) is 12.1 Å². The Kier molecular flexibility index (Phi) is 7.34. The molecule has 0 aliphatic carbocycles. The summed E-state index contributed by atoms with van der Waals surface area (Å²) in [4.78, 5) is 35.1. The third-order valence-corrected chi connectivity index (χ3v) is 4.21. The lowest BCUT2D eigenvalue weighted by Crippen LogP contribution is -2.31. The number of nitrogens with one attached hydrogen (secondary N) is 1. The maximum absolute atomic E-state index is 12.7. The molecule has 148 valence electrons. The molecule has 2 aromatic rings. The Hall–Kier alpha value is -3.13. The highest BCUT2D eigenvalue weighted by Gasteiger charge is 2.23. The van der Waals surface area contributed by atoms with Crippen LogP contribution in [0.2, 0.25) is 5.02 Å². The van der Waals surface area contributed by atoms with Gasteiger partial charge < -0.3 is 14.8 Å². The number of hydrogen-bond acceptors (Lipinski definition) is 6. The van der Waals surface area contributed by atoms with E-state index in [0.717, 1.165) is 6.07 Å². The molecule has 0 radical (unpaired) electrons. The molecule has 9 heteroatoms. The molecular formula is C19H19ClN2O6. The Morgan fingerprint density at radius 1 is 1.25 bits per heavy atom. The number of amides is 1. The van der Waals surface area contributed by atoms with Gasteiger partial charge in [-0.25, -0.2) is 0 Å². The Morgan fingerprint density at radius 2 is 2.00 bits per heavy atom. The maximum atomic E-state index is 12.7. The summed E-state index contributed by atoms with van der Waals surface area (Å²) < 4.78 is 10.2. The zero-order valence-electron chi connectivity index (χ0n) is 15.3. The summed E-state index contributed by atoms with van der Waals surface area (Å²) in [6, 6.07) is 9.68. The molecular weight excluding hydrogens is 388 g/mol. The molecule has 2 aromatic carbocycles. The van der Waals surface area contributed by atoms with E-state index in [4.69, 9.17) is 21.1 Å². The summed E-state index contributed by atoms with van der Waals surface area (Å²) in [7, 11) is 1.50. The standard InChI is InChI=1S/C19H19ClN2O6/c1-3-28-18(23)11-17(12-5-4-6-14(9-12)27-2)21-19(24)15-10-13(22(25)26)7-8-16(15)20/h4-10,17H,3,11H2,1-2H3,(H,21,24). The van der Waals surface area contributed by atoms with Gasteiger partial charge in [-0.3, -0.25) is 19.7 Å². The van der Waals surface area contributed by atoms with Crippen LogP contribution in [0, 0.1) is 10.1 Å². The normalized spacial score (nSPS) is 11.4. The van der Waals surface area contributed by atoms with Crippen LogP contribution < -0.4 is 10.1 Å². The van der Waals surface area contributed by atoms with Crippen molar-refractivity contribution in [2.75, 3.05) is 13.7 Å². The predicted molar refractivity (Wildman–Crippen MR) is 103 cm³/mol. The van der Waals surface area contributed by atoms with Gasteiger partial charge in [-0.2, -0.15) is 0 Å². The molecule has 2 rings (SSSR count). The van der Waals surface area contributed by atoms with Gasteiger partial charge in [-0.05, 0) is 30.7 Å². The van der Waals surface area contributed by atoms with Gasteiger partial charge in [0.15, 0.2) is 0 Å². The number of nitrogens with zero attached hydrogens (tertiary/aromatic N) is 1. The van der Waals surface area contributed by atoms with Crippen LogP contribution in [-0.4, -0.2) is 30.5 Å². The fourth-order valence-electron chi connectivity index (χ4n) is 2.53. The second-order valence-electron chi connectivity index (χ2n) is 5.73. The summed E-state index contributed by atoms with van der Waals surface area (Å²) in [6.45, 7) is 1.88. The van der Waals surface area contributed by atoms with E-state index >= 15 is 0 Å². The smallest absolute Gasteiger partial charge is 0.308 e. The van der Waals surface area contributed by atoms with Crippen molar-refractivity contribution in [3.8, 4) is 5.75 Å². The number of nitro groups is 1. The van der Waals surface area contributed by atoms with Crippen molar-refractivity contribution in [2.45, 2.75) is 19.4 Å². The first-order chi connectivity index (χ1) is 13.3. The van der Waals surface area contributed by atoms with E-state index in [2.05, 4.69) is 5.32 Å². The summed E-state index contributed by atoms with van der Waals surface area (Å²) in [5.41, 5.74) is 0.285. The monoisotopic (exact) mass is 406 g/mol. The van der Waals surface area contributed by atoms with Gasteiger partial charge in [-0.1, -0.05) is 23.7 Å². The average molecular weight is 407 g/mol. The molecule has 1 amide bonds. The highest BCUT2D eigenvalue weighted by molar-refractivity contribution is 6.34. The van der Waals surface area contributed by atoms with Crippen molar-refractivity contribution in [1.82, 2.24) is 5.32 Å². The lowest BCUT2D eigenvalue weighted by molar-refractivity contribution is -0.384. The van der Waals surface area contributed by atoms with Gasteiger partial charge >= 0.3 is 5.97 Å². The number of benzene rings is 2. The van der Waals surface area contributed by atoms with Crippen molar-refractivity contribution < 1.29 is 24.0 Å². The average Bonchev–Trinajstić information content (AvgIpc) is 2.67. The lowest BCUT2D eigenvalue weighted by atomic mass is 10.0. The number of carbonyl (C=O) groups is 2. The topological polar surface area (TPSA) is 108 Å². The molecule has 0 saturated heterocycles. The Bertz CT molecular complexity index is 886. The highest BCUT2D eigenvalue weighted by atomic mass is 35.5. The van der Waals surface area contributed by atoms with E-state index in [1.807, 2.05) is 0 Å². The molecule has 1 N–H and O–H groups in total. The molecule has 28 heavy (non-hydrogen) atoms. The van der Waals surface area contributed by atoms with Crippen molar-refractivity contribution in [2.24, 2.45) is 0 Å². The minimum absolute atomic E-state index is 0.0589. The SMILES string of the molecule is CCOC(=O)CC(NC(=O)c1cc([N+](=O)[O-])ccc1Cl)c1cccc(OC)c1. The first kappa shape index (κ1) is 21.2. The van der Waals surface area contributed by atoms with Gasteiger partial charge in [0.05, 0.1) is 41.7 Å². The number of ether oxygens (including phenoxy) is 2. The number of non-ortho nitro benzene ring substituents is 1. The van der Waals surface area contributed by atoms with E-state index < -0.39 is 22.8 Å². The fraction of sp³-hybridized carbons (Fsp3) is 0.263. The largest absolute Gasteiger partial charge is 0.497 e. The van der Waals surface area contributed by atoms with Crippen molar-refractivity contribution >= 4 is 29.2 Å². The van der Waals surface area contributed by atoms with Crippen molar-refractivity contribution in [1.29, 1.82) is 0 Å². The van der Waals surface area contributed by atoms with Crippen LogP contribution in [0.15, 0.2) is 42.5 Å². The minimum Gasteiger partial charge on any atom is -0.497 e. The predicted octanol–water partition coefficient (Wildman–Crippen LogP) is 3.68. The molecule has 0 heterocycles. The number of carbonyl (C=O) groups excluding carboxylic acids is 2. The molecule has 0 fully saturated rings. The second-order valence-corrected chi connectivity index (χ2v) is 6.14. The minimum atomic E-state index is -0.739. The van der Waals surface area contributed by atoms with E-state index in [-0.39, 0.29) is 29.3 Å². The van der Waals surface area contributed by atoms with Crippen LogP contribution in [0.25, 0.3) is 0 Å².